The van der Waals surface area contributed by atoms with Crippen LogP contribution in [-0.4, -0.2) is 4.57 Å². The Morgan fingerprint density at radius 2 is 2.00 bits per heavy atom. The van der Waals surface area contributed by atoms with Gasteiger partial charge in [0.1, 0.15) is 0 Å². The average Bonchev–Trinajstić information content (AvgIpc) is 2.48. The number of allylic oxidation sites excluding steroid dienone is 2. The molecule has 1 aliphatic rings. The number of hydrogen-bond acceptors (Lipinski definition) is 0. The van der Waals surface area contributed by atoms with E-state index >= 15 is 0 Å². The van der Waals surface area contributed by atoms with Crippen LogP contribution in [0.15, 0.2) is 29.8 Å². The fourth-order valence-corrected chi connectivity index (χ4v) is 2.62. The molecule has 0 saturated carbocycles. The molecule has 17 heavy (non-hydrogen) atoms. The van der Waals surface area contributed by atoms with Crippen molar-refractivity contribution in [3.05, 3.63) is 46.7 Å². The van der Waals surface area contributed by atoms with Crippen molar-refractivity contribution < 1.29 is 0 Å². The molecule has 0 fully saturated rings. The van der Waals surface area contributed by atoms with Crippen LogP contribution in [0.4, 0.5) is 0 Å². The van der Waals surface area contributed by atoms with Gasteiger partial charge in [0.25, 0.3) is 0 Å². The maximum atomic E-state index is 2.33. The molecular weight excluding hydrogens is 206 g/mol. The highest BCUT2D eigenvalue weighted by Crippen LogP contribution is 2.31. The lowest BCUT2D eigenvalue weighted by atomic mass is 10.1. The van der Waals surface area contributed by atoms with Gasteiger partial charge in [0.05, 0.1) is 0 Å². The standard InChI is InChI=1S/C16H17N/c1-11-5-4-6-15-13(9-11)14-10-12(2)7-8-16(14)17(15)3/h4,6-10H,5H2,1-3H3. The quantitative estimate of drug-likeness (QED) is 0.627. The predicted octanol–water partition coefficient (Wildman–Crippen LogP) is 4.31. The van der Waals surface area contributed by atoms with Crippen LogP contribution in [-0.2, 0) is 7.05 Å². The molecular formula is C16H17N. The maximum absolute atomic E-state index is 2.33. The van der Waals surface area contributed by atoms with Crippen LogP contribution >= 0.6 is 0 Å². The molecule has 2 aromatic rings. The third kappa shape index (κ3) is 1.54. The Morgan fingerprint density at radius 3 is 2.82 bits per heavy atom. The van der Waals surface area contributed by atoms with E-state index in [1.807, 2.05) is 0 Å². The van der Waals surface area contributed by atoms with Gasteiger partial charge < -0.3 is 4.57 Å². The van der Waals surface area contributed by atoms with E-state index in [4.69, 9.17) is 0 Å². The Kier molecular flexibility index (Phi) is 2.22. The zero-order valence-corrected chi connectivity index (χ0v) is 10.6. The third-order valence-corrected chi connectivity index (χ3v) is 3.55. The van der Waals surface area contributed by atoms with Gasteiger partial charge in [0, 0.05) is 29.2 Å². The number of benzene rings is 1. The van der Waals surface area contributed by atoms with Crippen molar-refractivity contribution in [3.63, 3.8) is 0 Å². The molecule has 1 aliphatic carbocycles. The lowest BCUT2D eigenvalue weighted by molar-refractivity contribution is 0.953. The average molecular weight is 223 g/mol. The number of aryl methyl sites for hydroxylation is 2. The largest absolute Gasteiger partial charge is 0.344 e. The van der Waals surface area contributed by atoms with Gasteiger partial charge in [-0.3, -0.25) is 0 Å². The van der Waals surface area contributed by atoms with Gasteiger partial charge in [0.15, 0.2) is 0 Å². The van der Waals surface area contributed by atoms with E-state index in [-0.39, 0.29) is 0 Å². The van der Waals surface area contributed by atoms with E-state index in [1.54, 1.807) is 0 Å². The van der Waals surface area contributed by atoms with Crippen LogP contribution in [0.5, 0.6) is 0 Å². The lowest BCUT2D eigenvalue weighted by Crippen LogP contribution is -1.90. The number of fused-ring (bicyclic) bond motifs is 3. The summed E-state index contributed by atoms with van der Waals surface area (Å²) in [5, 5.41) is 1.37. The molecule has 0 bridgehead atoms. The van der Waals surface area contributed by atoms with Gasteiger partial charge >= 0.3 is 0 Å². The van der Waals surface area contributed by atoms with E-state index in [1.165, 1.54) is 33.3 Å². The highest BCUT2D eigenvalue weighted by molar-refractivity contribution is 5.95. The maximum Gasteiger partial charge on any atom is 0.0488 e. The summed E-state index contributed by atoms with van der Waals surface area (Å²) < 4.78 is 2.29. The van der Waals surface area contributed by atoms with Gasteiger partial charge in [-0.1, -0.05) is 29.4 Å². The highest BCUT2D eigenvalue weighted by atomic mass is 14.9. The Balaban J connectivity index is 2.45. The van der Waals surface area contributed by atoms with Crippen LogP contribution in [0, 0.1) is 6.92 Å². The Bertz CT molecular complexity index is 654. The molecule has 0 amide bonds. The fraction of sp³-hybridized carbons (Fsp3) is 0.250. The van der Waals surface area contributed by atoms with Crippen molar-refractivity contribution in [3.8, 4) is 0 Å². The van der Waals surface area contributed by atoms with Crippen LogP contribution in [0.2, 0.25) is 0 Å². The molecule has 1 heteroatoms. The number of rotatable bonds is 0. The van der Waals surface area contributed by atoms with Crippen molar-refractivity contribution in [1.82, 2.24) is 4.57 Å². The number of aromatic nitrogens is 1. The van der Waals surface area contributed by atoms with E-state index in [0.717, 1.165) is 6.42 Å². The zero-order chi connectivity index (χ0) is 12.0. The van der Waals surface area contributed by atoms with Crippen molar-refractivity contribution in [2.24, 2.45) is 7.05 Å². The number of nitrogens with zero attached hydrogens (tertiary/aromatic N) is 1. The van der Waals surface area contributed by atoms with E-state index < -0.39 is 0 Å². The first kappa shape index (κ1) is 10.4. The lowest BCUT2D eigenvalue weighted by Gasteiger charge is -1.99. The summed E-state index contributed by atoms with van der Waals surface area (Å²) in [7, 11) is 2.15. The third-order valence-electron chi connectivity index (χ3n) is 3.55. The fourth-order valence-electron chi connectivity index (χ4n) is 2.62. The van der Waals surface area contributed by atoms with Crippen LogP contribution in [0.25, 0.3) is 23.1 Å². The molecule has 86 valence electrons. The monoisotopic (exact) mass is 223 g/mol. The van der Waals surface area contributed by atoms with Crippen molar-refractivity contribution in [2.45, 2.75) is 20.3 Å². The first-order chi connectivity index (χ1) is 8.16. The summed E-state index contributed by atoms with van der Waals surface area (Å²) in [6, 6.07) is 6.69. The first-order valence-electron chi connectivity index (χ1n) is 6.09. The van der Waals surface area contributed by atoms with E-state index in [9.17, 15) is 0 Å². The smallest absolute Gasteiger partial charge is 0.0488 e. The molecule has 3 rings (SSSR count). The molecule has 1 aromatic heterocycles. The summed E-state index contributed by atoms with van der Waals surface area (Å²) in [5.41, 5.74) is 6.76. The number of hydrogen-bond donors (Lipinski definition) is 0. The second-order valence-electron chi connectivity index (χ2n) is 4.98. The summed E-state index contributed by atoms with van der Waals surface area (Å²) >= 11 is 0. The second kappa shape index (κ2) is 3.63. The van der Waals surface area contributed by atoms with Crippen LogP contribution in [0.3, 0.4) is 0 Å². The molecule has 1 aromatic carbocycles. The molecule has 1 nitrogen and oxygen atoms in total. The normalized spacial score (nSPS) is 14.6. The Hall–Kier alpha value is -1.76. The van der Waals surface area contributed by atoms with E-state index in [0.29, 0.717) is 0 Å². The van der Waals surface area contributed by atoms with Gasteiger partial charge in [-0.05, 0) is 38.5 Å². The van der Waals surface area contributed by atoms with Crippen molar-refractivity contribution in [1.29, 1.82) is 0 Å². The molecule has 0 N–H and O–H groups in total. The van der Waals surface area contributed by atoms with Crippen LogP contribution < -0.4 is 0 Å². The van der Waals surface area contributed by atoms with Crippen molar-refractivity contribution >= 4 is 23.1 Å². The Labute approximate surface area is 102 Å². The second-order valence-corrected chi connectivity index (χ2v) is 4.98. The zero-order valence-electron chi connectivity index (χ0n) is 10.6. The van der Waals surface area contributed by atoms with Gasteiger partial charge in [-0.15, -0.1) is 0 Å². The molecule has 0 unspecified atom stereocenters. The minimum Gasteiger partial charge on any atom is -0.344 e. The van der Waals surface area contributed by atoms with Crippen LogP contribution in [0.1, 0.15) is 30.2 Å². The van der Waals surface area contributed by atoms with Gasteiger partial charge in [0.2, 0.25) is 0 Å². The molecule has 1 heterocycles. The summed E-state index contributed by atoms with van der Waals surface area (Å²) in [6.07, 6.45) is 7.89. The van der Waals surface area contributed by atoms with Crippen molar-refractivity contribution in [2.75, 3.05) is 0 Å². The molecule has 0 aliphatic heterocycles. The van der Waals surface area contributed by atoms with Gasteiger partial charge in [-0.25, -0.2) is 0 Å². The van der Waals surface area contributed by atoms with Gasteiger partial charge in [-0.2, -0.15) is 0 Å². The molecule has 0 spiro atoms. The molecule has 0 radical (unpaired) electrons. The summed E-state index contributed by atoms with van der Waals surface area (Å²) in [5.74, 6) is 0. The SMILES string of the molecule is CC1=Cc2c(n(C)c3ccc(C)cc23)C=CC1. The molecule has 0 saturated heterocycles. The topological polar surface area (TPSA) is 4.93 Å². The minimum atomic E-state index is 1.06. The van der Waals surface area contributed by atoms with E-state index in [2.05, 4.69) is 61.9 Å². The minimum absolute atomic E-state index is 1.06. The Morgan fingerprint density at radius 1 is 1.18 bits per heavy atom. The predicted molar refractivity (Wildman–Crippen MR) is 75.0 cm³/mol. The summed E-state index contributed by atoms with van der Waals surface area (Å²) in [4.78, 5) is 0. The first-order valence-corrected chi connectivity index (χ1v) is 6.09. The molecule has 0 atom stereocenters. The summed E-state index contributed by atoms with van der Waals surface area (Å²) in [6.45, 7) is 4.36. The highest BCUT2D eigenvalue weighted by Gasteiger charge is 2.13.